The number of aliphatic hydroxyl groups is 1. The molecule has 0 aromatic carbocycles. The van der Waals surface area contributed by atoms with Crippen molar-refractivity contribution in [2.75, 3.05) is 26.2 Å². The SMILES string of the molecule is Cn1c(CO)nnc1C1CCN(C(=O)c2cncc(CC3CCNC3)c2)CC1. The second-order valence-electron chi connectivity index (χ2n) is 7.90. The molecule has 4 rings (SSSR count). The molecule has 2 aliphatic heterocycles. The molecule has 2 aromatic rings. The summed E-state index contributed by atoms with van der Waals surface area (Å²) in [6.45, 7) is 3.41. The summed E-state index contributed by atoms with van der Waals surface area (Å²) in [4.78, 5) is 19.2. The molecule has 2 aromatic heterocycles. The van der Waals surface area contributed by atoms with Gasteiger partial charge in [0.25, 0.3) is 5.91 Å². The number of rotatable bonds is 5. The van der Waals surface area contributed by atoms with E-state index < -0.39 is 0 Å². The van der Waals surface area contributed by atoms with Crippen molar-refractivity contribution < 1.29 is 9.90 Å². The van der Waals surface area contributed by atoms with E-state index >= 15 is 0 Å². The number of pyridine rings is 1. The van der Waals surface area contributed by atoms with Crippen LogP contribution in [0.5, 0.6) is 0 Å². The Kier molecular flexibility index (Phi) is 5.68. The number of hydrogen-bond donors (Lipinski definition) is 2. The average Bonchev–Trinajstić information content (AvgIpc) is 3.37. The summed E-state index contributed by atoms with van der Waals surface area (Å²) in [6, 6.07) is 2.01. The van der Waals surface area contributed by atoms with Gasteiger partial charge < -0.3 is 19.9 Å². The van der Waals surface area contributed by atoms with Crippen LogP contribution in [-0.2, 0) is 20.1 Å². The fraction of sp³-hybridized carbons (Fsp3) is 0.600. The van der Waals surface area contributed by atoms with Crippen LogP contribution >= 0.6 is 0 Å². The molecule has 8 heteroatoms. The third kappa shape index (κ3) is 3.93. The fourth-order valence-corrected chi connectivity index (χ4v) is 4.33. The number of aliphatic hydroxyl groups excluding tert-OH is 1. The monoisotopic (exact) mass is 384 g/mol. The molecule has 1 amide bonds. The zero-order valence-electron chi connectivity index (χ0n) is 16.3. The maximum Gasteiger partial charge on any atom is 0.255 e. The highest BCUT2D eigenvalue weighted by Crippen LogP contribution is 2.27. The van der Waals surface area contributed by atoms with E-state index in [-0.39, 0.29) is 18.4 Å². The van der Waals surface area contributed by atoms with Crippen LogP contribution in [0, 0.1) is 5.92 Å². The molecule has 2 saturated heterocycles. The number of likely N-dealkylation sites (tertiary alicyclic amines) is 1. The highest BCUT2D eigenvalue weighted by atomic mass is 16.3. The molecule has 0 spiro atoms. The van der Waals surface area contributed by atoms with Gasteiger partial charge in [0.2, 0.25) is 0 Å². The molecular formula is C20H28N6O2. The summed E-state index contributed by atoms with van der Waals surface area (Å²) in [5.74, 6) is 2.43. The number of carbonyl (C=O) groups excluding carboxylic acids is 1. The summed E-state index contributed by atoms with van der Waals surface area (Å²) in [5.41, 5.74) is 1.83. The Balaban J connectivity index is 1.37. The number of nitrogens with one attached hydrogen (secondary N) is 1. The predicted octanol–water partition coefficient (Wildman–Crippen LogP) is 0.874. The predicted molar refractivity (Wildman–Crippen MR) is 104 cm³/mol. The lowest BCUT2D eigenvalue weighted by Crippen LogP contribution is -2.38. The normalized spacial score (nSPS) is 20.6. The van der Waals surface area contributed by atoms with E-state index in [2.05, 4.69) is 20.5 Å². The molecule has 0 radical (unpaired) electrons. The Labute approximate surface area is 165 Å². The van der Waals surface area contributed by atoms with Gasteiger partial charge in [0.1, 0.15) is 12.4 Å². The van der Waals surface area contributed by atoms with Gasteiger partial charge in [-0.3, -0.25) is 9.78 Å². The maximum atomic E-state index is 13.0. The zero-order valence-corrected chi connectivity index (χ0v) is 16.3. The first-order valence-electron chi connectivity index (χ1n) is 10.1. The van der Waals surface area contributed by atoms with Crippen molar-refractivity contribution in [3.05, 3.63) is 41.2 Å². The second-order valence-corrected chi connectivity index (χ2v) is 7.90. The third-order valence-electron chi connectivity index (χ3n) is 6.02. The summed E-state index contributed by atoms with van der Waals surface area (Å²) < 4.78 is 1.87. The highest BCUT2D eigenvalue weighted by Gasteiger charge is 2.28. The van der Waals surface area contributed by atoms with Crippen LogP contribution in [0.3, 0.4) is 0 Å². The standard InChI is InChI=1S/C20H28N6O2/c1-25-18(13-27)23-24-19(25)16-3-6-26(7-4-16)20(28)17-9-15(11-22-12-17)8-14-2-5-21-10-14/h9,11-12,14,16,21,27H,2-8,10,13H2,1H3. The minimum Gasteiger partial charge on any atom is -0.388 e. The van der Waals surface area contributed by atoms with E-state index in [1.54, 1.807) is 6.20 Å². The Morgan fingerprint density at radius 3 is 2.75 bits per heavy atom. The van der Waals surface area contributed by atoms with Gasteiger partial charge in [-0.25, -0.2) is 0 Å². The van der Waals surface area contributed by atoms with Crippen molar-refractivity contribution >= 4 is 5.91 Å². The number of carbonyl (C=O) groups is 1. The van der Waals surface area contributed by atoms with Gasteiger partial charge in [0, 0.05) is 38.4 Å². The van der Waals surface area contributed by atoms with E-state index in [1.165, 1.54) is 6.42 Å². The summed E-state index contributed by atoms with van der Waals surface area (Å²) >= 11 is 0. The lowest BCUT2D eigenvalue weighted by molar-refractivity contribution is 0.0710. The molecule has 8 nitrogen and oxygen atoms in total. The quantitative estimate of drug-likeness (QED) is 0.794. The van der Waals surface area contributed by atoms with Crippen LogP contribution in [0.15, 0.2) is 18.5 Å². The van der Waals surface area contributed by atoms with E-state index in [1.807, 2.05) is 28.8 Å². The first kappa shape index (κ1) is 19.0. The van der Waals surface area contributed by atoms with Gasteiger partial charge >= 0.3 is 0 Å². The molecule has 1 atom stereocenters. The smallest absolute Gasteiger partial charge is 0.255 e. The van der Waals surface area contributed by atoms with E-state index in [0.29, 0.717) is 30.4 Å². The summed E-state index contributed by atoms with van der Waals surface area (Å²) in [6.07, 6.45) is 7.43. The van der Waals surface area contributed by atoms with Gasteiger partial charge in [-0.2, -0.15) is 0 Å². The number of aromatic nitrogens is 4. The lowest BCUT2D eigenvalue weighted by atomic mass is 9.95. The number of hydrogen-bond acceptors (Lipinski definition) is 6. The topological polar surface area (TPSA) is 96.2 Å². The molecular weight excluding hydrogens is 356 g/mol. The largest absolute Gasteiger partial charge is 0.388 e. The average molecular weight is 384 g/mol. The van der Waals surface area contributed by atoms with Gasteiger partial charge in [-0.15, -0.1) is 10.2 Å². The van der Waals surface area contributed by atoms with E-state index in [4.69, 9.17) is 0 Å². The Hall–Kier alpha value is -2.32. The van der Waals surface area contributed by atoms with Crippen LogP contribution in [0.2, 0.25) is 0 Å². The Morgan fingerprint density at radius 1 is 1.25 bits per heavy atom. The Bertz CT molecular complexity index is 822. The van der Waals surface area contributed by atoms with Crippen molar-refractivity contribution in [1.82, 2.24) is 30.0 Å². The Morgan fingerprint density at radius 2 is 2.07 bits per heavy atom. The first-order chi connectivity index (χ1) is 13.7. The summed E-state index contributed by atoms with van der Waals surface area (Å²) in [5, 5.41) is 21.0. The molecule has 2 N–H and O–H groups in total. The zero-order chi connectivity index (χ0) is 19.5. The van der Waals surface area contributed by atoms with E-state index in [9.17, 15) is 9.90 Å². The number of amides is 1. The van der Waals surface area contributed by atoms with Crippen LogP contribution in [0.25, 0.3) is 0 Å². The molecule has 28 heavy (non-hydrogen) atoms. The van der Waals surface area contributed by atoms with Crippen molar-refractivity contribution in [2.45, 2.75) is 38.2 Å². The second kappa shape index (κ2) is 8.36. The molecule has 0 saturated carbocycles. The van der Waals surface area contributed by atoms with Crippen molar-refractivity contribution in [3.63, 3.8) is 0 Å². The van der Waals surface area contributed by atoms with Crippen LogP contribution in [0.4, 0.5) is 0 Å². The van der Waals surface area contributed by atoms with Crippen molar-refractivity contribution in [2.24, 2.45) is 13.0 Å². The molecule has 0 bridgehead atoms. The van der Waals surface area contributed by atoms with Gasteiger partial charge in [-0.05, 0) is 56.3 Å². The van der Waals surface area contributed by atoms with Gasteiger partial charge in [0.15, 0.2) is 5.82 Å². The molecule has 2 aliphatic rings. The van der Waals surface area contributed by atoms with Crippen LogP contribution in [0.1, 0.15) is 52.8 Å². The fourth-order valence-electron chi connectivity index (χ4n) is 4.33. The number of nitrogens with zero attached hydrogens (tertiary/aromatic N) is 5. The van der Waals surface area contributed by atoms with E-state index in [0.717, 1.165) is 43.7 Å². The van der Waals surface area contributed by atoms with Gasteiger partial charge in [0.05, 0.1) is 5.56 Å². The first-order valence-corrected chi connectivity index (χ1v) is 10.1. The molecule has 0 aliphatic carbocycles. The van der Waals surface area contributed by atoms with Gasteiger partial charge in [-0.1, -0.05) is 0 Å². The third-order valence-corrected chi connectivity index (χ3v) is 6.02. The highest BCUT2D eigenvalue weighted by molar-refractivity contribution is 5.94. The number of piperidine rings is 1. The minimum absolute atomic E-state index is 0.0614. The lowest BCUT2D eigenvalue weighted by Gasteiger charge is -2.31. The molecule has 4 heterocycles. The minimum atomic E-state index is -0.110. The van der Waals surface area contributed by atoms with Crippen molar-refractivity contribution in [3.8, 4) is 0 Å². The van der Waals surface area contributed by atoms with Crippen LogP contribution < -0.4 is 5.32 Å². The molecule has 1 unspecified atom stereocenters. The maximum absolute atomic E-state index is 13.0. The summed E-state index contributed by atoms with van der Waals surface area (Å²) in [7, 11) is 1.88. The molecule has 150 valence electrons. The van der Waals surface area contributed by atoms with Crippen molar-refractivity contribution in [1.29, 1.82) is 0 Å². The molecule has 2 fully saturated rings. The van der Waals surface area contributed by atoms with Crippen LogP contribution in [-0.4, -0.2) is 61.8 Å².